The highest BCUT2D eigenvalue weighted by molar-refractivity contribution is 8.00. The maximum atomic E-state index is 13.4. The van der Waals surface area contributed by atoms with Gasteiger partial charge in [0.25, 0.3) is 5.91 Å². The largest absolute Gasteiger partial charge is 0.469 e. The normalized spacial score (nSPS) is 10.3. The molecule has 2 N–H and O–H groups in total. The number of nitrogens with one attached hydrogen (secondary N) is 2. The first-order chi connectivity index (χ1) is 10.5. The van der Waals surface area contributed by atoms with Crippen LogP contribution in [0.4, 0.5) is 8.78 Å². The lowest BCUT2D eigenvalue weighted by molar-refractivity contribution is -0.119. The number of carbonyl (C=O) groups excluding carboxylic acids is 2. The molecule has 5 nitrogen and oxygen atoms in total. The molecule has 0 unspecified atom stereocenters. The third-order valence-electron chi connectivity index (χ3n) is 2.67. The molecular weight excluding hydrogens is 314 g/mol. The van der Waals surface area contributed by atoms with Gasteiger partial charge in [-0.05, 0) is 31.2 Å². The number of rotatable bonds is 4. The van der Waals surface area contributed by atoms with E-state index in [9.17, 15) is 18.4 Å². The number of carbonyl (C=O) groups is 2. The maximum absolute atomic E-state index is 13.4. The van der Waals surface area contributed by atoms with Crippen LogP contribution in [-0.2, 0) is 4.79 Å². The molecule has 2 rings (SSSR count). The molecular formula is C14H12F2N2O3S. The van der Waals surface area contributed by atoms with Crippen molar-refractivity contribution in [2.24, 2.45) is 0 Å². The third-order valence-corrected chi connectivity index (χ3v) is 3.70. The van der Waals surface area contributed by atoms with Crippen molar-refractivity contribution in [1.82, 2.24) is 10.9 Å². The van der Waals surface area contributed by atoms with Gasteiger partial charge in [-0.15, -0.1) is 11.8 Å². The molecule has 116 valence electrons. The standard InChI is InChI=1S/C14H12F2N2O3S/c1-8-10(4-5-21-8)14(20)18-17-13(19)7-22-12-6-9(15)2-3-11(12)16/h2-6H,7H2,1H3,(H,17,19)(H,18,20). The molecule has 0 saturated heterocycles. The first-order valence-corrected chi connectivity index (χ1v) is 7.17. The molecule has 8 heteroatoms. The first-order valence-electron chi connectivity index (χ1n) is 6.18. The fourth-order valence-corrected chi connectivity index (χ4v) is 2.34. The van der Waals surface area contributed by atoms with E-state index in [0.717, 1.165) is 30.0 Å². The lowest BCUT2D eigenvalue weighted by Gasteiger charge is -2.07. The van der Waals surface area contributed by atoms with Crippen molar-refractivity contribution in [3.05, 3.63) is 53.5 Å². The molecule has 0 aliphatic heterocycles. The SMILES string of the molecule is Cc1occc1C(=O)NNC(=O)CSc1cc(F)ccc1F. The van der Waals surface area contributed by atoms with Crippen molar-refractivity contribution in [2.45, 2.75) is 11.8 Å². The summed E-state index contributed by atoms with van der Waals surface area (Å²) in [5, 5.41) is 0. The van der Waals surface area contributed by atoms with Crippen LogP contribution in [0, 0.1) is 18.6 Å². The van der Waals surface area contributed by atoms with Crippen molar-refractivity contribution in [1.29, 1.82) is 0 Å². The topological polar surface area (TPSA) is 71.3 Å². The van der Waals surface area contributed by atoms with E-state index in [-0.39, 0.29) is 10.6 Å². The number of aryl methyl sites for hydroxylation is 1. The van der Waals surface area contributed by atoms with E-state index in [1.165, 1.54) is 12.3 Å². The zero-order valence-electron chi connectivity index (χ0n) is 11.5. The lowest BCUT2D eigenvalue weighted by Crippen LogP contribution is -2.42. The van der Waals surface area contributed by atoms with E-state index in [1.54, 1.807) is 6.92 Å². The predicted molar refractivity (Wildman–Crippen MR) is 76.1 cm³/mol. The van der Waals surface area contributed by atoms with E-state index >= 15 is 0 Å². The number of benzene rings is 1. The van der Waals surface area contributed by atoms with Gasteiger partial charge in [0.1, 0.15) is 17.4 Å². The molecule has 0 radical (unpaired) electrons. The number of amides is 2. The molecule has 0 aliphatic carbocycles. The molecule has 0 atom stereocenters. The van der Waals surface area contributed by atoms with E-state index in [2.05, 4.69) is 10.9 Å². The summed E-state index contributed by atoms with van der Waals surface area (Å²) in [4.78, 5) is 23.3. The average Bonchev–Trinajstić information content (AvgIpc) is 2.92. The molecule has 2 amide bonds. The molecule has 0 saturated carbocycles. The summed E-state index contributed by atoms with van der Waals surface area (Å²) >= 11 is 0.825. The minimum Gasteiger partial charge on any atom is -0.469 e. The third kappa shape index (κ3) is 4.08. The van der Waals surface area contributed by atoms with Crippen LogP contribution >= 0.6 is 11.8 Å². The van der Waals surface area contributed by atoms with Crippen LogP contribution in [0.5, 0.6) is 0 Å². The fraction of sp³-hybridized carbons (Fsp3) is 0.143. The van der Waals surface area contributed by atoms with Gasteiger partial charge < -0.3 is 4.42 Å². The summed E-state index contributed by atoms with van der Waals surface area (Å²) < 4.78 is 31.3. The fourth-order valence-electron chi connectivity index (χ4n) is 1.58. The van der Waals surface area contributed by atoms with Gasteiger partial charge in [0.2, 0.25) is 5.91 Å². The first kappa shape index (κ1) is 16.0. The quantitative estimate of drug-likeness (QED) is 0.669. The Hall–Kier alpha value is -2.35. The van der Waals surface area contributed by atoms with Gasteiger partial charge in [-0.3, -0.25) is 20.4 Å². The van der Waals surface area contributed by atoms with Crippen molar-refractivity contribution < 1.29 is 22.8 Å². The van der Waals surface area contributed by atoms with Gasteiger partial charge in [-0.2, -0.15) is 0 Å². The predicted octanol–water partition coefficient (Wildman–Crippen LogP) is 2.42. The van der Waals surface area contributed by atoms with E-state index in [0.29, 0.717) is 11.3 Å². The Morgan fingerprint density at radius 3 is 2.68 bits per heavy atom. The molecule has 0 spiro atoms. The van der Waals surface area contributed by atoms with E-state index < -0.39 is 23.4 Å². The van der Waals surface area contributed by atoms with Crippen molar-refractivity contribution in [3.63, 3.8) is 0 Å². The Balaban J connectivity index is 1.82. The Morgan fingerprint density at radius 1 is 1.23 bits per heavy atom. The number of hydrogen-bond donors (Lipinski definition) is 2. The summed E-state index contributed by atoms with van der Waals surface area (Å²) in [5.74, 6) is -2.04. The van der Waals surface area contributed by atoms with Gasteiger partial charge in [-0.25, -0.2) is 8.78 Å². The van der Waals surface area contributed by atoms with Gasteiger partial charge in [-0.1, -0.05) is 0 Å². The van der Waals surface area contributed by atoms with Crippen LogP contribution in [0.25, 0.3) is 0 Å². The van der Waals surface area contributed by atoms with Crippen molar-refractivity contribution in [2.75, 3.05) is 5.75 Å². The second-order valence-corrected chi connectivity index (χ2v) is 5.27. The van der Waals surface area contributed by atoms with Gasteiger partial charge in [0, 0.05) is 4.90 Å². The minimum absolute atomic E-state index is 0.0205. The van der Waals surface area contributed by atoms with Gasteiger partial charge >= 0.3 is 0 Å². The number of hydrazine groups is 1. The van der Waals surface area contributed by atoms with Crippen LogP contribution in [0.1, 0.15) is 16.1 Å². The van der Waals surface area contributed by atoms with Gasteiger partial charge in [0.15, 0.2) is 0 Å². The Labute approximate surface area is 129 Å². The molecule has 0 fully saturated rings. The number of hydrogen-bond acceptors (Lipinski definition) is 4. The minimum atomic E-state index is -0.614. The van der Waals surface area contributed by atoms with Crippen LogP contribution in [0.2, 0.25) is 0 Å². The second-order valence-electron chi connectivity index (χ2n) is 4.26. The molecule has 1 aromatic heterocycles. The number of furan rings is 1. The number of thioether (sulfide) groups is 1. The van der Waals surface area contributed by atoms with Crippen molar-refractivity contribution >= 4 is 23.6 Å². The zero-order chi connectivity index (χ0) is 16.1. The van der Waals surface area contributed by atoms with Crippen LogP contribution in [0.3, 0.4) is 0 Å². The Bertz CT molecular complexity index is 703. The van der Waals surface area contributed by atoms with Crippen molar-refractivity contribution in [3.8, 4) is 0 Å². The summed E-state index contributed by atoms with van der Waals surface area (Å²) in [6.45, 7) is 1.61. The van der Waals surface area contributed by atoms with Crippen LogP contribution in [-0.4, -0.2) is 17.6 Å². The molecule has 0 bridgehead atoms. The molecule has 22 heavy (non-hydrogen) atoms. The monoisotopic (exact) mass is 326 g/mol. The van der Waals surface area contributed by atoms with E-state index in [4.69, 9.17) is 4.42 Å². The molecule has 2 aromatic rings. The van der Waals surface area contributed by atoms with E-state index in [1.807, 2.05) is 0 Å². The zero-order valence-corrected chi connectivity index (χ0v) is 12.3. The summed E-state index contributed by atoms with van der Waals surface area (Å²) in [6.07, 6.45) is 1.36. The van der Waals surface area contributed by atoms with Crippen LogP contribution in [0.15, 0.2) is 39.8 Å². The number of halogens is 2. The summed E-state index contributed by atoms with van der Waals surface area (Å²) in [7, 11) is 0. The lowest BCUT2D eigenvalue weighted by atomic mass is 10.2. The molecule has 1 aromatic carbocycles. The second kappa shape index (κ2) is 7.08. The highest BCUT2D eigenvalue weighted by Crippen LogP contribution is 2.22. The average molecular weight is 326 g/mol. The highest BCUT2D eigenvalue weighted by atomic mass is 32.2. The summed E-state index contributed by atoms with van der Waals surface area (Å²) in [5.41, 5.74) is 4.69. The smallest absolute Gasteiger partial charge is 0.273 e. The maximum Gasteiger partial charge on any atom is 0.273 e. The Morgan fingerprint density at radius 2 is 2.00 bits per heavy atom. The molecule has 0 aliphatic rings. The summed E-state index contributed by atoms with van der Waals surface area (Å²) in [6, 6.07) is 4.44. The Kier molecular flexibility index (Phi) is 5.16. The van der Waals surface area contributed by atoms with Crippen LogP contribution < -0.4 is 10.9 Å². The molecule has 1 heterocycles. The van der Waals surface area contributed by atoms with Gasteiger partial charge in [0.05, 0.1) is 17.6 Å². The highest BCUT2D eigenvalue weighted by Gasteiger charge is 2.13.